The first kappa shape index (κ1) is 41.2. The molecule has 1 aromatic heterocycles. The molecule has 1 aliphatic heterocycles. The quantitative estimate of drug-likeness (QED) is 0.161. The van der Waals surface area contributed by atoms with E-state index in [0.29, 0.717) is 0 Å². The van der Waals surface area contributed by atoms with Crippen molar-refractivity contribution in [3.05, 3.63) is 324 Å². The van der Waals surface area contributed by atoms with E-state index >= 15 is 0 Å². The van der Waals surface area contributed by atoms with Crippen molar-refractivity contribution in [1.29, 1.82) is 0 Å². The number of aromatic nitrogens is 1. The Morgan fingerprint density at radius 1 is 0.311 bits per heavy atom. The highest BCUT2D eigenvalue weighted by Gasteiger charge is 2.51. The van der Waals surface area contributed by atoms with Crippen LogP contribution in [0.5, 0.6) is 0 Å². The molecule has 1 spiro atoms. The van der Waals surface area contributed by atoms with E-state index in [1.165, 1.54) is 116 Å². The number of nitrogens with zero attached hydrogens (tertiary/aromatic N) is 2. The fourth-order valence-electron chi connectivity index (χ4n) is 14.0. The number of para-hydroxylation sites is 3. The zero-order valence-corrected chi connectivity index (χ0v) is 40.5. The van der Waals surface area contributed by atoms with E-state index in [1.54, 1.807) is 0 Å². The van der Waals surface area contributed by atoms with Crippen LogP contribution in [-0.4, -0.2) is 4.57 Å². The molecule has 74 heavy (non-hydrogen) atoms. The summed E-state index contributed by atoms with van der Waals surface area (Å²) in [5.74, 6) is 0. The highest BCUT2D eigenvalue weighted by atomic mass is 15.1. The van der Waals surface area contributed by atoms with Crippen LogP contribution in [0.4, 0.5) is 17.1 Å². The highest BCUT2D eigenvalue weighted by molar-refractivity contribution is 6.13. The fraction of sp³-hybridized carbons (Fsp3) is 0.0278. The zero-order valence-electron chi connectivity index (χ0n) is 40.5. The monoisotopic (exact) mass is 938 g/mol. The Balaban J connectivity index is 0.971. The molecule has 0 N–H and O–H groups in total. The number of rotatable bonds is 6. The van der Waals surface area contributed by atoms with Crippen molar-refractivity contribution in [3.8, 4) is 39.1 Å². The molecule has 13 aromatic rings. The van der Waals surface area contributed by atoms with Gasteiger partial charge in [-0.2, -0.15) is 0 Å². The maximum atomic E-state index is 2.54. The lowest BCUT2D eigenvalue weighted by molar-refractivity contribution is 0.748. The summed E-state index contributed by atoms with van der Waals surface area (Å²) in [7, 11) is 0. The number of hydrogen-bond acceptors (Lipinski definition) is 1. The molecule has 1 atom stereocenters. The molecule has 2 heterocycles. The van der Waals surface area contributed by atoms with Gasteiger partial charge in [-0.05, 0) is 126 Å². The van der Waals surface area contributed by atoms with Gasteiger partial charge in [-0.25, -0.2) is 0 Å². The molecular weight excluding hydrogens is 893 g/mol. The van der Waals surface area contributed by atoms with Gasteiger partial charge in [0.1, 0.15) is 0 Å². The van der Waals surface area contributed by atoms with Crippen LogP contribution in [0.2, 0.25) is 0 Å². The van der Waals surface area contributed by atoms with E-state index in [-0.39, 0.29) is 0 Å². The SMILES string of the molecule is c1ccc(C2(c3ccccc3)c3ccccc3-c3c(N(c4ccc(-c5cccc6ccccc56)cc4)c4ccc5c(c4)-c4ccccc4C54c5ccccc5-n5c6ccccc6c6cccc4c65)cccc32)cc1. The maximum Gasteiger partial charge on any atom is 0.0754 e. The second-order valence-electron chi connectivity index (χ2n) is 20.2. The van der Waals surface area contributed by atoms with Crippen molar-refractivity contribution in [2.24, 2.45) is 0 Å². The third-order valence-electron chi connectivity index (χ3n) is 16.9. The van der Waals surface area contributed by atoms with Crippen molar-refractivity contribution in [2.45, 2.75) is 10.8 Å². The van der Waals surface area contributed by atoms with Gasteiger partial charge in [-0.15, -0.1) is 0 Å². The smallest absolute Gasteiger partial charge is 0.0754 e. The van der Waals surface area contributed by atoms with Gasteiger partial charge in [-0.3, -0.25) is 0 Å². The first-order valence-corrected chi connectivity index (χ1v) is 25.8. The zero-order chi connectivity index (χ0) is 48.5. The highest BCUT2D eigenvalue weighted by Crippen LogP contribution is 2.63. The molecule has 1 unspecified atom stereocenters. The van der Waals surface area contributed by atoms with Crippen LogP contribution < -0.4 is 4.90 Å². The van der Waals surface area contributed by atoms with Gasteiger partial charge in [0.15, 0.2) is 0 Å². The van der Waals surface area contributed by atoms with E-state index < -0.39 is 10.8 Å². The van der Waals surface area contributed by atoms with Crippen LogP contribution in [-0.2, 0) is 10.8 Å². The van der Waals surface area contributed by atoms with Crippen molar-refractivity contribution in [1.82, 2.24) is 4.57 Å². The van der Waals surface area contributed by atoms with E-state index in [0.717, 1.165) is 17.1 Å². The molecule has 2 nitrogen and oxygen atoms in total. The van der Waals surface area contributed by atoms with Crippen molar-refractivity contribution < 1.29 is 0 Å². The van der Waals surface area contributed by atoms with Crippen LogP contribution in [0.15, 0.2) is 279 Å². The largest absolute Gasteiger partial charge is 0.310 e. The minimum Gasteiger partial charge on any atom is -0.310 e. The number of fused-ring (bicyclic) bond motifs is 16. The summed E-state index contributed by atoms with van der Waals surface area (Å²) in [6.45, 7) is 0. The molecule has 16 rings (SSSR count). The first-order valence-electron chi connectivity index (χ1n) is 25.8. The third-order valence-corrected chi connectivity index (χ3v) is 16.9. The van der Waals surface area contributed by atoms with Gasteiger partial charge >= 0.3 is 0 Å². The van der Waals surface area contributed by atoms with E-state index in [9.17, 15) is 0 Å². The Morgan fingerprint density at radius 2 is 0.851 bits per heavy atom. The van der Waals surface area contributed by atoms with E-state index in [4.69, 9.17) is 0 Å². The predicted octanol–water partition coefficient (Wildman–Crippen LogP) is 18.1. The van der Waals surface area contributed by atoms with Crippen molar-refractivity contribution in [3.63, 3.8) is 0 Å². The fourth-order valence-corrected chi connectivity index (χ4v) is 14.0. The molecule has 0 radical (unpaired) electrons. The van der Waals surface area contributed by atoms with Crippen molar-refractivity contribution >= 4 is 49.6 Å². The van der Waals surface area contributed by atoms with Crippen molar-refractivity contribution in [2.75, 3.05) is 4.90 Å². The topological polar surface area (TPSA) is 8.17 Å². The average molecular weight is 939 g/mol. The summed E-state index contributed by atoms with van der Waals surface area (Å²) in [5.41, 5.74) is 23.7. The van der Waals surface area contributed by atoms with Gasteiger partial charge in [-0.1, -0.05) is 237 Å². The van der Waals surface area contributed by atoms with Crippen LogP contribution in [0.1, 0.15) is 44.5 Å². The van der Waals surface area contributed by atoms with Gasteiger partial charge < -0.3 is 9.47 Å². The standard InChI is InChI=1S/C72H46N2/c1-3-22-49(23-4-1)71(50-24-5-2-6-25-50)61-33-13-10-29-58(61)69-64(71)35-19-39-68(69)73(51-42-40-48(41-43-51)54-30-17-21-47-20-7-8-26-53(47)54)52-44-45-62-59(46-52)55-27-9-12-32-60(55)72(62)63-34-14-16-38-67(63)74-66-37-15-11-28-56(66)57-31-18-36-65(72)70(57)74/h1-46H. The molecule has 12 aromatic carbocycles. The first-order chi connectivity index (χ1) is 36.7. The number of benzene rings is 12. The molecule has 0 bridgehead atoms. The minimum atomic E-state index is -0.548. The molecule has 0 fully saturated rings. The summed E-state index contributed by atoms with van der Waals surface area (Å²) >= 11 is 0. The maximum absolute atomic E-state index is 2.54. The van der Waals surface area contributed by atoms with E-state index in [2.05, 4.69) is 289 Å². The molecule has 2 aliphatic carbocycles. The van der Waals surface area contributed by atoms with E-state index in [1.807, 2.05) is 0 Å². The molecular formula is C72H46N2. The summed E-state index contributed by atoms with van der Waals surface area (Å²) in [6.07, 6.45) is 0. The normalized spacial score (nSPS) is 15.2. The molecule has 0 saturated carbocycles. The Labute approximate surface area is 430 Å². The van der Waals surface area contributed by atoms with Gasteiger partial charge in [0.25, 0.3) is 0 Å². The Bertz CT molecular complexity index is 4390. The number of hydrogen-bond donors (Lipinski definition) is 0. The second-order valence-corrected chi connectivity index (χ2v) is 20.2. The van der Waals surface area contributed by atoms with Crippen LogP contribution >= 0.6 is 0 Å². The van der Waals surface area contributed by atoms with Gasteiger partial charge in [0.05, 0.1) is 33.2 Å². The predicted molar refractivity (Wildman–Crippen MR) is 307 cm³/mol. The summed E-state index contributed by atoms with van der Waals surface area (Å²) < 4.78 is 2.53. The lowest BCUT2D eigenvalue weighted by Gasteiger charge is -2.39. The molecule has 344 valence electrons. The Morgan fingerprint density at radius 3 is 1.65 bits per heavy atom. The lowest BCUT2D eigenvalue weighted by atomic mass is 9.65. The lowest BCUT2D eigenvalue weighted by Crippen LogP contribution is -2.33. The summed E-state index contributed by atoms with van der Waals surface area (Å²) in [5, 5.41) is 5.06. The summed E-state index contributed by atoms with van der Waals surface area (Å²) in [6, 6.07) is 105. The average Bonchev–Trinajstić information content (AvgIpc) is 4.09. The molecule has 0 saturated heterocycles. The molecule has 0 amide bonds. The summed E-state index contributed by atoms with van der Waals surface area (Å²) in [4.78, 5) is 2.54. The van der Waals surface area contributed by atoms with Crippen LogP contribution in [0, 0.1) is 0 Å². The molecule has 2 heteroatoms. The Hall–Kier alpha value is -9.50. The van der Waals surface area contributed by atoms with Gasteiger partial charge in [0, 0.05) is 27.7 Å². The second kappa shape index (κ2) is 15.5. The third kappa shape index (κ3) is 5.33. The van der Waals surface area contributed by atoms with Gasteiger partial charge in [0.2, 0.25) is 0 Å². The van der Waals surface area contributed by atoms with Crippen LogP contribution in [0.25, 0.3) is 71.6 Å². The van der Waals surface area contributed by atoms with Crippen LogP contribution in [0.3, 0.4) is 0 Å². The Kier molecular flexibility index (Phi) is 8.62. The number of anilines is 3. The molecule has 3 aliphatic rings. The minimum absolute atomic E-state index is 0.546.